The fourth-order valence-electron chi connectivity index (χ4n) is 3.78. The third-order valence-corrected chi connectivity index (χ3v) is 6.99. The fraction of sp³-hybridized carbons (Fsp3) is 0.667. The molecule has 0 heterocycles. The number of rotatable bonds is 10. The largest absolute Gasteiger partial charge is 0.396 e. The molecule has 30 heavy (non-hydrogen) atoms. The van der Waals surface area contributed by atoms with Gasteiger partial charge in [-0.3, -0.25) is 4.99 Å². The third-order valence-electron chi connectivity index (χ3n) is 5.51. The first-order valence-electron chi connectivity index (χ1n) is 10.6. The lowest BCUT2D eigenvalue weighted by Gasteiger charge is -2.35. The molecular formula is C21H37IN4O3S. The van der Waals surface area contributed by atoms with Crippen molar-refractivity contribution in [3.8, 4) is 0 Å². The maximum absolute atomic E-state index is 12.4. The van der Waals surface area contributed by atoms with Crippen LogP contribution in [-0.4, -0.2) is 52.3 Å². The summed E-state index contributed by atoms with van der Waals surface area (Å²) in [5, 5.41) is 15.9. The molecule has 9 heteroatoms. The lowest BCUT2D eigenvalue weighted by atomic mass is 9.72. The summed E-state index contributed by atoms with van der Waals surface area (Å²) in [5.41, 5.74) is 1.11. The fourth-order valence-corrected chi connectivity index (χ4v) is 4.81. The quantitative estimate of drug-likeness (QED) is 0.155. The first-order valence-corrected chi connectivity index (χ1v) is 12.1. The molecule has 1 aliphatic rings. The zero-order valence-corrected chi connectivity index (χ0v) is 21.3. The van der Waals surface area contributed by atoms with Gasteiger partial charge in [0.1, 0.15) is 0 Å². The Balaban J connectivity index is 0.00000450. The topological polar surface area (TPSA) is 103 Å². The highest BCUT2D eigenvalue weighted by Gasteiger charge is 2.31. The molecule has 4 N–H and O–H groups in total. The number of nitrogens with one attached hydrogen (secondary N) is 3. The molecule has 0 bridgehead atoms. The summed E-state index contributed by atoms with van der Waals surface area (Å²) >= 11 is 0. The summed E-state index contributed by atoms with van der Waals surface area (Å²) in [6, 6.07) is 6.80. The van der Waals surface area contributed by atoms with Crippen LogP contribution in [0.2, 0.25) is 0 Å². The van der Waals surface area contributed by atoms with E-state index in [4.69, 9.17) is 4.99 Å². The zero-order chi connectivity index (χ0) is 21.2. The predicted octanol–water partition coefficient (Wildman–Crippen LogP) is 2.78. The summed E-state index contributed by atoms with van der Waals surface area (Å²) < 4.78 is 27.3. The van der Waals surface area contributed by atoms with E-state index in [0.29, 0.717) is 19.0 Å². The number of hydrogen-bond donors (Lipinski definition) is 4. The third kappa shape index (κ3) is 8.68. The van der Waals surface area contributed by atoms with Crippen molar-refractivity contribution in [1.82, 2.24) is 15.4 Å². The average Bonchev–Trinajstić information content (AvgIpc) is 2.70. The van der Waals surface area contributed by atoms with Crippen LogP contribution in [0.15, 0.2) is 34.2 Å². The second-order valence-corrected chi connectivity index (χ2v) is 9.63. The summed E-state index contributed by atoms with van der Waals surface area (Å²) in [5.74, 6) is 0.685. The standard InChI is InChI=1S/C21H36N4O3S.HI/c1-3-22-20(24-17-21(13-16-26)11-5-4-6-12-21)23-14-15-25-29(27,28)19-9-7-18(2)8-10-19;/h7-10,25-26H,3-6,11-17H2,1-2H3,(H2,22,23,24);1H. The monoisotopic (exact) mass is 552 g/mol. The number of aliphatic imine (C=N–C) groups is 1. The van der Waals surface area contributed by atoms with Crippen LogP contribution < -0.4 is 15.4 Å². The van der Waals surface area contributed by atoms with E-state index in [1.807, 2.05) is 13.8 Å². The molecule has 1 saturated carbocycles. The van der Waals surface area contributed by atoms with Crippen molar-refractivity contribution in [2.45, 2.75) is 57.3 Å². The minimum Gasteiger partial charge on any atom is -0.396 e. The van der Waals surface area contributed by atoms with Gasteiger partial charge in [-0.2, -0.15) is 0 Å². The maximum atomic E-state index is 12.4. The van der Waals surface area contributed by atoms with E-state index >= 15 is 0 Å². The van der Waals surface area contributed by atoms with Gasteiger partial charge in [-0.25, -0.2) is 13.1 Å². The molecule has 0 aliphatic heterocycles. The van der Waals surface area contributed by atoms with Crippen molar-refractivity contribution >= 4 is 40.0 Å². The van der Waals surface area contributed by atoms with E-state index in [1.54, 1.807) is 24.3 Å². The Labute approximate surface area is 198 Å². The Morgan fingerprint density at radius 3 is 2.37 bits per heavy atom. The van der Waals surface area contributed by atoms with Gasteiger partial charge in [0, 0.05) is 32.8 Å². The average molecular weight is 553 g/mol. The number of nitrogens with zero attached hydrogens (tertiary/aromatic N) is 1. The van der Waals surface area contributed by atoms with Gasteiger partial charge in [0.25, 0.3) is 0 Å². The molecule has 0 atom stereocenters. The van der Waals surface area contributed by atoms with Gasteiger partial charge in [0.05, 0.1) is 4.90 Å². The number of halogens is 1. The Hall–Kier alpha value is -0.910. The zero-order valence-electron chi connectivity index (χ0n) is 18.1. The minimum atomic E-state index is -3.51. The van der Waals surface area contributed by atoms with Crippen LogP contribution in [-0.2, 0) is 10.0 Å². The molecule has 7 nitrogen and oxygen atoms in total. The van der Waals surface area contributed by atoms with Crippen LogP contribution in [0.4, 0.5) is 0 Å². The van der Waals surface area contributed by atoms with Crippen LogP contribution in [0.5, 0.6) is 0 Å². The summed E-state index contributed by atoms with van der Waals surface area (Å²) in [6.45, 7) is 6.23. The van der Waals surface area contributed by atoms with Gasteiger partial charge in [-0.15, -0.1) is 24.0 Å². The second kappa shape index (κ2) is 13.5. The predicted molar refractivity (Wildman–Crippen MR) is 133 cm³/mol. The Morgan fingerprint density at radius 2 is 1.77 bits per heavy atom. The van der Waals surface area contributed by atoms with Crippen LogP contribution in [0.3, 0.4) is 0 Å². The Bertz CT molecular complexity index is 743. The first kappa shape index (κ1) is 27.1. The second-order valence-electron chi connectivity index (χ2n) is 7.87. The van der Waals surface area contributed by atoms with Gasteiger partial charge in [0.2, 0.25) is 10.0 Å². The van der Waals surface area contributed by atoms with Crippen molar-refractivity contribution in [3.63, 3.8) is 0 Å². The number of hydrogen-bond acceptors (Lipinski definition) is 4. The number of benzene rings is 1. The lowest BCUT2D eigenvalue weighted by Crippen LogP contribution is -2.42. The highest BCUT2D eigenvalue weighted by molar-refractivity contribution is 14.0. The number of aryl methyl sites for hydroxylation is 1. The molecule has 1 fully saturated rings. The molecule has 0 radical (unpaired) electrons. The number of aliphatic hydroxyl groups excluding tert-OH is 1. The number of guanidine groups is 1. The molecule has 0 saturated heterocycles. The maximum Gasteiger partial charge on any atom is 0.240 e. The van der Waals surface area contributed by atoms with E-state index < -0.39 is 10.0 Å². The molecule has 0 aromatic heterocycles. The van der Waals surface area contributed by atoms with E-state index in [0.717, 1.165) is 31.4 Å². The van der Waals surface area contributed by atoms with Crippen molar-refractivity contribution in [2.24, 2.45) is 10.4 Å². The van der Waals surface area contributed by atoms with Crippen molar-refractivity contribution in [1.29, 1.82) is 0 Å². The van der Waals surface area contributed by atoms with Gasteiger partial charge in [-0.1, -0.05) is 37.0 Å². The molecule has 172 valence electrons. The van der Waals surface area contributed by atoms with Crippen LogP contribution in [0.25, 0.3) is 0 Å². The molecule has 0 amide bonds. The summed E-state index contributed by atoms with van der Waals surface area (Å²) in [4.78, 5) is 5.01. The van der Waals surface area contributed by atoms with Crippen molar-refractivity contribution < 1.29 is 13.5 Å². The molecule has 1 aromatic rings. The van der Waals surface area contributed by atoms with Gasteiger partial charge in [-0.05, 0) is 50.7 Å². The highest BCUT2D eigenvalue weighted by atomic mass is 127. The number of aliphatic hydroxyl groups is 1. The molecule has 1 aliphatic carbocycles. The number of sulfonamides is 1. The Morgan fingerprint density at radius 1 is 1.10 bits per heavy atom. The van der Waals surface area contributed by atoms with Gasteiger partial charge in [0.15, 0.2) is 5.96 Å². The van der Waals surface area contributed by atoms with Crippen molar-refractivity contribution in [3.05, 3.63) is 29.8 Å². The molecule has 1 aromatic carbocycles. The van der Waals surface area contributed by atoms with Crippen LogP contribution in [0, 0.1) is 12.3 Å². The van der Waals surface area contributed by atoms with Crippen molar-refractivity contribution in [2.75, 3.05) is 32.8 Å². The molecule has 2 rings (SSSR count). The van der Waals surface area contributed by atoms with E-state index in [1.165, 1.54) is 19.3 Å². The molecular weight excluding hydrogens is 515 g/mol. The smallest absolute Gasteiger partial charge is 0.240 e. The van der Waals surface area contributed by atoms with Crippen LogP contribution in [0.1, 0.15) is 51.0 Å². The SMILES string of the molecule is CCNC(=NCC1(CCO)CCCCC1)NCCNS(=O)(=O)c1ccc(C)cc1.I. The highest BCUT2D eigenvalue weighted by Crippen LogP contribution is 2.39. The normalized spacial score (nSPS) is 16.6. The lowest BCUT2D eigenvalue weighted by molar-refractivity contribution is 0.137. The van der Waals surface area contributed by atoms with Gasteiger partial charge >= 0.3 is 0 Å². The minimum absolute atomic E-state index is 0. The van der Waals surface area contributed by atoms with E-state index in [9.17, 15) is 13.5 Å². The van der Waals surface area contributed by atoms with Crippen LogP contribution >= 0.6 is 24.0 Å². The summed E-state index contributed by atoms with van der Waals surface area (Å²) in [6.07, 6.45) is 6.64. The van der Waals surface area contributed by atoms with E-state index in [-0.39, 0.29) is 47.4 Å². The first-order chi connectivity index (χ1) is 13.9. The molecule has 0 spiro atoms. The Kier molecular flexibility index (Phi) is 12.2. The van der Waals surface area contributed by atoms with Gasteiger partial charge < -0.3 is 15.7 Å². The van der Waals surface area contributed by atoms with E-state index in [2.05, 4.69) is 15.4 Å². The molecule has 0 unspecified atom stereocenters. The summed E-state index contributed by atoms with van der Waals surface area (Å²) in [7, 11) is -3.51.